The summed E-state index contributed by atoms with van der Waals surface area (Å²) in [6, 6.07) is 0. The third-order valence-electron chi connectivity index (χ3n) is 6.35. The van der Waals surface area contributed by atoms with Crippen LogP contribution >= 0.6 is 31.9 Å². The Kier molecular flexibility index (Phi) is 11.6. The molecule has 192 valence electrons. The number of hydrogen-bond donors (Lipinski definition) is 3. The van der Waals surface area contributed by atoms with Crippen LogP contribution in [0.25, 0.3) is 0 Å². The van der Waals surface area contributed by atoms with E-state index in [4.69, 9.17) is 9.47 Å². The number of Topliss-reactive ketones (excluding diaryl/α,β-unsaturated/α-hetero) is 2. The second kappa shape index (κ2) is 12.5. The highest BCUT2D eigenvalue weighted by atomic mass is 79.9. The fourth-order valence-electron chi connectivity index (χ4n) is 4.02. The molecule has 1 heterocycles. The quantitative estimate of drug-likeness (QED) is 0.249. The molecular weight excluding hydrogens is 564 g/mol. The molecule has 1 saturated heterocycles. The van der Waals surface area contributed by atoms with E-state index in [0.717, 1.165) is 12.8 Å². The lowest BCUT2D eigenvalue weighted by Crippen LogP contribution is -2.57. The number of cyclic esters (lactones) is 1. The summed E-state index contributed by atoms with van der Waals surface area (Å²) in [7, 11) is 0. The van der Waals surface area contributed by atoms with E-state index in [1.165, 1.54) is 20.8 Å². The Labute approximate surface area is 213 Å². The fraction of sp³-hybridized carbons (Fsp3) is 0.870. The highest BCUT2D eigenvalue weighted by Crippen LogP contribution is 2.34. The van der Waals surface area contributed by atoms with E-state index >= 15 is 0 Å². The number of aliphatic hydroxyl groups excluding tert-OH is 1. The van der Waals surface area contributed by atoms with Gasteiger partial charge in [-0.1, -0.05) is 59.1 Å². The SMILES string of the molecule is CCCCO[C@H]1[C@H](C)C[C@@](C)(O)C(=O)[C@@H](Br)[C@H](O)[C@@H](C)C(=O)O[C@H](CC)[C@@](C)(O)C(=O)[C@H]1Br. The van der Waals surface area contributed by atoms with Gasteiger partial charge in [-0.15, -0.1) is 0 Å². The van der Waals surface area contributed by atoms with Crippen molar-refractivity contribution in [1.82, 2.24) is 0 Å². The molecule has 0 aromatic rings. The number of hydrogen-bond acceptors (Lipinski definition) is 8. The maximum absolute atomic E-state index is 13.4. The zero-order chi connectivity index (χ0) is 25.7. The van der Waals surface area contributed by atoms with E-state index in [0.29, 0.717) is 6.61 Å². The van der Waals surface area contributed by atoms with Crippen LogP contribution in [0.5, 0.6) is 0 Å². The van der Waals surface area contributed by atoms with Crippen LogP contribution in [0.1, 0.15) is 67.2 Å². The molecule has 1 aliphatic rings. The molecule has 0 radical (unpaired) electrons. The number of carbonyl (C=O) groups is 3. The first-order valence-electron chi connectivity index (χ1n) is 11.4. The minimum absolute atomic E-state index is 0.0645. The summed E-state index contributed by atoms with van der Waals surface area (Å²) in [5.74, 6) is -3.83. The second-order valence-corrected chi connectivity index (χ2v) is 11.4. The van der Waals surface area contributed by atoms with Gasteiger partial charge >= 0.3 is 5.97 Å². The highest BCUT2D eigenvalue weighted by molar-refractivity contribution is 9.10. The van der Waals surface area contributed by atoms with Gasteiger partial charge in [-0.2, -0.15) is 0 Å². The first-order chi connectivity index (χ1) is 15.1. The standard InChI is InChI=1S/C23H38Br2O8/c1-7-9-10-32-18-12(3)11-22(5,30)19(27)15(24)17(26)13(4)21(29)33-14(8-2)23(6,31)20(28)16(18)25/h12-18,26,30-31H,7-11H2,1-6H3/t12-,13-,14-,15+,16+,17-,18+,22-,23-/m1/s1. The lowest BCUT2D eigenvalue weighted by Gasteiger charge is -2.38. The number of halogens is 2. The summed E-state index contributed by atoms with van der Waals surface area (Å²) < 4.78 is 11.4. The molecule has 1 rings (SSSR count). The van der Waals surface area contributed by atoms with E-state index in [2.05, 4.69) is 31.9 Å². The zero-order valence-corrected chi connectivity index (χ0v) is 23.4. The molecule has 1 aliphatic heterocycles. The number of rotatable bonds is 5. The van der Waals surface area contributed by atoms with Gasteiger partial charge in [-0.05, 0) is 46.0 Å². The van der Waals surface area contributed by atoms with Crippen molar-refractivity contribution < 1.29 is 39.2 Å². The van der Waals surface area contributed by atoms with E-state index in [9.17, 15) is 29.7 Å². The van der Waals surface area contributed by atoms with E-state index in [-0.39, 0.29) is 12.8 Å². The Bertz CT molecular complexity index is 696. The molecule has 9 atom stereocenters. The summed E-state index contributed by atoms with van der Waals surface area (Å²) in [5, 5.41) is 32.7. The van der Waals surface area contributed by atoms with Crippen LogP contribution < -0.4 is 0 Å². The van der Waals surface area contributed by atoms with Gasteiger partial charge < -0.3 is 24.8 Å². The smallest absolute Gasteiger partial charge is 0.311 e. The minimum Gasteiger partial charge on any atom is -0.459 e. The molecule has 0 aromatic heterocycles. The van der Waals surface area contributed by atoms with Gasteiger partial charge in [0.15, 0.2) is 17.2 Å². The van der Waals surface area contributed by atoms with Crippen LogP contribution in [0, 0.1) is 11.8 Å². The number of ketones is 2. The van der Waals surface area contributed by atoms with Crippen molar-refractivity contribution in [2.45, 2.75) is 106 Å². The van der Waals surface area contributed by atoms with Crippen molar-refractivity contribution in [2.75, 3.05) is 6.61 Å². The van der Waals surface area contributed by atoms with E-state index < -0.39 is 68.5 Å². The molecule has 3 N–H and O–H groups in total. The monoisotopic (exact) mass is 600 g/mol. The summed E-state index contributed by atoms with van der Waals surface area (Å²) in [4.78, 5) is 36.9. The van der Waals surface area contributed by atoms with Crippen LogP contribution in [0.15, 0.2) is 0 Å². The van der Waals surface area contributed by atoms with Crippen LogP contribution in [0.4, 0.5) is 0 Å². The van der Waals surface area contributed by atoms with Gasteiger partial charge in [0.25, 0.3) is 0 Å². The number of alkyl halides is 2. The number of carbonyl (C=O) groups excluding carboxylic acids is 3. The molecule has 33 heavy (non-hydrogen) atoms. The normalized spacial score (nSPS) is 42.0. The fourth-order valence-corrected chi connectivity index (χ4v) is 6.11. The van der Waals surface area contributed by atoms with E-state index in [1.54, 1.807) is 13.8 Å². The van der Waals surface area contributed by atoms with Crippen molar-refractivity contribution in [3.8, 4) is 0 Å². The van der Waals surface area contributed by atoms with Crippen LogP contribution in [0.3, 0.4) is 0 Å². The van der Waals surface area contributed by atoms with Gasteiger partial charge in [-0.3, -0.25) is 14.4 Å². The molecule has 0 amide bonds. The largest absolute Gasteiger partial charge is 0.459 e. The van der Waals surface area contributed by atoms with Crippen molar-refractivity contribution in [3.63, 3.8) is 0 Å². The highest BCUT2D eigenvalue weighted by Gasteiger charge is 2.50. The maximum atomic E-state index is 13.4. The van der Waals surface area contributed by atoms with Gasteiger partial charge in [0, 0.05) is 6.61 Å². The van der Waals surface area contributed by atoms with Crippen LogP contribution in [-0.2, 0) is 23.9 Å². The zero-order valence-electron chi connectivity index (χ0n) is 20.2. The average Bonchev–Trinajstić information content (AvgIpc) is 2.75. The summed E-state index contributed by atoms with van der Waals surface area (Å²) >= 11 is 6.52. The predicted octanol–water partition coefficient (Wildman–Crippen LogP) is 2.70. The topological polar surface area (TPSA) is 130 Å². The average molecular weight is 602 g/mol. The number of ether oxygens (including phenoxy) is 2. The lowest BCUT2D eigenvalue weighted by molar-refractivity contribution is -0.177. The number of esters is 1. The minimum atomic E-state index is -2.04. The van der Waals surface area contributed by atoms with Crippen LogP contribution in [0.2, 0.25) is 0 Å². The molecule has 0 saturated carbocycles. The Morgan fingerprint density at radius 1 is 1.06 bits per heavy atom. The molecule has 0 unspecified atom stereocenters. The van der Waals surface area contributed by atoms with Gasteiger partial charge in [-0.25, -0.2) is 0 Å². The first-order valence-corrected chi connectivity index (χ1v) is 13.3. The third kappa shape index (κ3) is 7.30. The van der Waals surface area contributed by atoms with Gasteiger partial charge in [0.1, 0.15) is 21.4 Å². The summed E-state index contributed by atoms with van der Waals surface area (Å²) in [6.07, 6.45) is -1.75. The van der Waals surface area contributed by atoms with E-state index in [1.807, 2.05) is 6.92 Å². The van der Waals surface area contributed by atoms with Crippen LogP contribution in [-0.4, -0.2) is 78.6 Å². The number of unbranched alkanes of at least 4 members (excludes halogenated alkanes) is 1. The molecule has 1 fully saturated rings. The third-order valence-corrected chi connectivity index (χ3v) is 8.24. The first kappa shape index (κ1) is 30.6. The predicted molar refractivity (Wildman–Crippen MR) is 130 cm³/mol. The molecule has 0 aliphatic carbocycles. The lowest BCUT2D eigenvalue weighted by atomic mass is 9.80. The van der Waals surface area contributed by atoms with Gasteiger partial charge in [0.2, 0.25) is 0 Å². The molecule has 10 heteroatoms. The van der Waals surface area contributed by atoms with Gasteiger partial charge in [0.05, 0.1) is 18.1 Å². The Balaban J connectivity index is 3.51. The molecule has 8 nitrogen and oxygen atoms in total. The Morgan fingerprint density at radius 2 is 1.64 bits per heavy atom. The Morgan fingerprint density at radius 3 is 2.15 bits per heavy atom. The second-order valence-electron chi connectivity index (χ2n) is 9.44. The molecule has 0 aromatic carbocycles. The summed E-state index contributed by atoms with van der Waals surface area (Å²) in [5.41, 5.74) is -3.91. The summed E-state index contributed by atoms with van der Waals surface area (Å²) in [6.45, 7) is 9.76. The van der Waals surface area contributed by atoms with Crippen molar-refractivity contribution >= 4 is 49.4 Å². The van der Waals surface area contributed by atoms with Crippen molar-refractivity contribution in [3.05, 3.63) is 0 Å². The van der Waals surface area contributed by atoms with Crippen molar-refractivity contribution in [1.29, 1.82) is 0 Å². The van der Waals surface area contributed by atoms with Crippen molar-refractivity contribution in [2.24, 2.45) is 11.8 Å². The number of aliphatic hydroxyl groups is 3. The molecule has 0 bridgehead atoms. The Hall–Kier alpha value is -0.390. The molecule has 0 spiro atoms. The molecular formula is C23H38Br2O8. The maximum Gasteiger partial charge on any atom is 0.311 e.